The molecule has 8 nitrogen and oxygen atoms in total. The lowest BCUT2D eigenvalue weighted by atomic mass is 10.0. The van der Waals surface area contributed by atoms with Gasteiger partial charge in [-0.05, 0) is 44.2 Å². The van der Waals surface area contributed by atoms with E-state index in [4.69, 9.17) is 0 Å². The van der Waals surface area contributed by atoms with E-state index in [9.17, 15) is 32.7 Å². The Labute approximate surface area is 212 Å². The number of piperidine rings is 1. The second-order valence-corrected chi connectivity index (χ2v) is 9.74. The normalized spacial score (nSPS) is 17.7. The molecule has 200 valence electrons. The Kier molecular flexibility index (Phi) is 8.19. The van der Waals surface area contributed by atoms with E-state index in [1.807, 2.05) is 0 Å². The number of benzene rings is 1. The van der Waals surface area contributed by atoms with Crippen molar-refractivity contribution in [3.05, 3.63) is 41.6 Å². The van der Waals surface area contributed by atoms with Crippen LogP contribution in [0.4, 0.5) is 13.2 Å². The number of rotatable bonds is 9. The summed E-state index contributed by atoms with van der Waals surface area (Å²) in [4.78, 5) is 38.4. The smallest absolute Gasteiger partial charge is 0.417 e. The quantitative estimate of drug-likeness (QED) is 0.501. The highest BCUT2D eigenvalue weighted by molar-refractivity contribution is 5.94. The number of alkyl halides is 3. The Morgan fingerprint density at radius 2 is 1.86 bits per heavy atom. The second-order valence-electron chi connectivity index (χ2n) is 9.74. The molecule has 4 rings (SSSR count). The van der Waals surface area contributed by atoms with Gasteiger partial charge in [-0.25, -0.2) is 0 Å². The zero-order valence-corrected chi connectivity index (χ0v) is 20.5. The molecule has 2 amide bonds. The Morgan fingerprint density at radius 1 is 1.14 bits per heavy atom. The van der Waals surface area contributed by atoms with Crippen LogP contribution in [-0.4, -0.2) is 56.7 Å². The van der Waals surface area contributed by atoms with Gasteiger partial charge in [-0.3, -0.25) is 19.1 Å². The number of carboxylic acid groups (broad SMARTS) is 1. The number of hydrogen-bond acceptors (Lipinski definition) is 4. The standard InChI is InChI=1S/C26H31F3N4O4/c27-26(28,29)20-10-4-3-9-19(20)22-16-21(31-33(22)18-7-1-2-8-18)25(37)30-17(15-24(35)36)12-14-32-13-6-5-11-23(32)34/h3-4,9-10,16-18H,1-2,5-8,11-15H2,(H,30,37)(H,35,36). The van der Waals surface area contributed by atoms with Crippen molar-refractivity contribution in [2.24, 2.45) is 0 Å². The molecule has 1 aliphatic heterocycles. The summed E-state index contributed by atoms with van der Waals surface area (Å²) in [5.74, 6) is -1.75. The summed E-state index contributed by atoms with van der Waals surface area (Å²) in [6.45, 7) is 0.915. The maximum Gasteiger partial charge on any atom is 0.417 e. The lowest BCUT2D eigenvalue weighted by Crippen LogP contribution is -2.42. The number of carbonyl (C=O) groups is 3. The molecule has 1 saturated heterocycles. The maximum absolute atomic E-state index is 13.8. The molecule has 1 unspecified atom stereocenters. The van der Waals surface area contributed by atoms with Crippen LogP contribution in [0.3, 0.4) is 0 Å². The minimum Gasteiger partial charge on any atom is -0.481 e. The third-order valence-electron chi connectivity index (χ3n) is 7.07. The van der Waals surface area contributed by atoms with Crippen molar-refractivity contribution in [1.29, 1.82) is 0 Å². The molecule has 2 heterocycles. The highest BCUT2D eigenvalue weighted by Crippen LogP contribution is 2.40. The molecule has 1 atom stereocenters. The highest BCUT2D eigenvalue weighted by atomic mass is 19.4. The van der Waals surface area contributed by atoms with Gasteiger partial charge in [0, 0.05) is 31.1 Å². The third-order valence-corrected chi connectivity index (χ3v) is 7.07. The van der Waals surface area contributed by atoms with Crippen molar-refractivity contribution in [3.63, 3.8) is 0 Å². The number of aromatic nitrogens is 2. The van der Waals surface area contributed by atoms with Crippen LogP contribution in [0, 0.1) is 0 Å². The molecule has 1 saturated carbocycles. The largest absolute Gasteiger partial charge is 0.481 e. The number of aliphatic carboxylic acids is 1. The first kappa shape index (κ1) is 26.7. The lowest BCUT2D eigenvalue weighted by Gasteiger charge is -2.28. The lowest BCUT2D eigenvalue weighted by molar-refractivity contribution is -0.138. The fourth-order valence-corrected chi connectivity index (χ4v) is 5.19. The Balaban J connectivity index is 1.59. The minimum atomic E-state index is -4.58. The summed E-state index contributed by atoms with van der Waals surface area (Å²) in [6.07, 6.45) is 0.808. The van der Waals surface area contributed by atoms with E-state index in [-0.39, 0.29) is 41.7 Å². The van der Waals surface area contributed by atoms with Gasteiger partial charge in [0.05, 0.1) is 23.7 Å². The van der Waals surface area contributed by atoms with Crippen molar-refractivity contribution in [2.45, 2.75) is 76.0 Å². The molecule has 2 aliphatic rings. The van der Waals surface area contributed by atoms with E-state index in [1.165, 1.54) is 28.9 Å². The van der Waals surface area contributed by atoms with Crippen LogP contribution >= 0.6 is 0 Å². The molecule has 1 aromatic carbocycles. The van der Waals surface area contributed by atoms with Crippen molar-refractivity contribution in [1.82, 2.24) is 20.0 Å². The molecular weight excluding hydrogens is 489 g/mol. The van der Waals surface area contributed by atoms with E-state index in [1.54, 1.807) is 4.90 Å². The van der Waals surface area contributed by atoms with E-state index in [2.05, 4.69) is 10.4 Å². The molecule has 11 heteroatoms. The number of halogens is 3. The predicted octanol–water partition coefficient (Wildman–Crippen LogP) is 4.66. The van der Waals surface area contributed by atoms with Gasteiger partial charge in [0.25, 0.3) is 5.91 Å². The van der Waals surface area contributed by atoms with Crippen molar-refractivity contribution in [2.75, 3.05) is 13.1 Å². The van der Waals surface area contributed by atoms with Crippen LogP contribution in [0.15, 0.2) is 30.3 Å². The molecule has 0 radical (unpaired) electrons. The van der Waals surface area contributed by atoms with Crippen molar-refractivity contribution < 1.29 is 32.7 Å². The first-order valence-electron chi connectivity index (χ1n) is 12.7. The fraction of sp³-hybridized carbons (Fsp3) is 0.538. The van der Waals surface area contributed by atoms with Crippen LogP contribution in [-0.2, 0) is 15.8 Å². The topological polar surface area (TPSA) is 105 Å². The molecule has 0 spiro atoms. The van der Waals surface area contributed by atoms with Gasteiger partial charge in [0.2, 0.25) is 5.91 Å². The highest BCUT2D eigenvalue weighted by Gasteiger charge is 2.35. The first-order chi connectivity index (χ1) is 17.6. The number of likely N-dealkylation sites (tertiary alicyclic amines) is 1. The van der Waals surface area contributed by atoms with Gasteiger partial charge >= 0.3 is 12.1 Å². The molecule has 37 heavy (non-hydrogen) atoms. The number of carboxylic acids is 1. The van der Waals surface area contributed by atoms with Gasteiger partial charge in [-0.1, -0.05) is 31.0 Å². The van der Waals surface area contributed by atoms with Crippen LogP contribution in [0.25, 0.3) is 11.3 Å². The van der Waals surface area contributed by atoms with E-state index in [0.29, 0.717) is 19.5 Å². The molecular formula is C26H31F3N4O4. The van der Waals surface area contributed by atoms with Gasteiger partial charge in [0.15, 0.2) is 5.69 Å². The molecule has 1 aromatic heterocycles. The van der Waals surface area contributed by atoms with E-state index >= 15 is 0 Å². The Hall–Kier alpha value is -3.37. The maximum atomic E-state index is 13.8. The Bertz CT molecular complexity index is 1140. The van der Waals surface area contributed by atoms with Gasteiger partial charge < -0.3 is 15.3 Å². The van der Waals surface area contributed by atoms with Crippen LogP contribution in [0.1, 0.15) is 79.9 Å². The third kappa shape index (κ3) is 6.50. The molecule has 1 aliphatic carbocycles. The van der Waals surface area contributed by atoms with Crippen LogP contribution in [0.5, 0.6) is 0 Å². The summed E-state index contributed by atoms with van der Waals surface area (Å²) in [5.41, 5.74) is -0.725. The van der Waals surface area contributed by atoms with Gasteiger partial charge in [-0.15, -0.1) is 0 Å². The van der Waals surface area contributed by atoms with E-state index < -0.39 is 29.7 Å². The SMILES string of the molecule is O=C(O)CC(CCN1CCCCC1=O)NC(=O)c1cc(-c2ccccc2C(F)(F)F)n(C2CCCC2)n1. The number of carbonyl (C=O) groups excluding carboxylic acids is 2. The number of nitrogens with one attached hydrogen (secondary N) is 1. The fourth-order valence-electron chi connectivity index (χ4n) is 5.19. The summed E-state index contributed by atoms with van der Waals surface area (Å²) >= 11 is 0. The van der Waals surface area contributed by atoms with Crippen molar-refractivity contribution >= 4 is 17.8 Å². The van der Waals surface area contributed by atoms with Gasteiger partial charge in [0.1, 0.15) is 0 Å². The van der Waals surface area contributed by atoms with Crippen LogP contribution in [0.2, 0.25) is 0 Å². The first-order valence-corrected chi connectivity index (χ1v) is 12.7. The second kappa shape index (κ2) is 11.4. The monoisotopic (exact) mass is 520 g/mol. The van der Waals surface area contributed by atoms with Crippen LogP contribution < -0.4 is 5.32 Å². The van der Waals surface area contributed by atoms with E-state index in [0.717, 1.165) is 44.6 Å². The summed E-state index contributed by atoms with van der Waals surface area (Å²) in [5, 5.41) is 16.4. The zero-order chi connectivity index (χ0) is 26.6. The molecule has 2 aromatic rings. The molecule has 0 bridgehead atoms. The number of amides is 2. The molecule has 2 N–H and O–H groups in total. The predicted molar refractivity (Wildman–Crippen MR) is 129 cm³/mol. The summed E-state index contributed by atoms with van der Waals surface area (Å²) < 4.78 is 42.8. The summed E-state index contributed by atoms with van der Waals surface area (Å²) in [7, 11) is 0. The average Bonchev–Trinajstić information content (AvgIpc) is 3.53. The zero-order valence-electron chi connectivity index (χ0n) is 20.5. The Morgan fingerprint density at radius 3 is 2.54 bits per heavy atom. The minimum absolute atomic E-state index is 0.00919. The average molecular weight is 521 g/mol. The van der Waals surface area contributed by atoms with Gasteiger partial charge in [-0.2, -0.15) is 18.3 Å². The van der Waals surface area contributed by atoms with Crippen molar-refractivity contribution in [3.8, 4) is 11.3 Å². The number of nitrogens with zero attached hydrogens (tertiary/aromatic N) is 3. The number of hydrogen-bond donors (Lipinski definition) is 2. The molecule has 2 fully saturated rings. The summed E-state index contributed by atoms with van der Waals surface area (Å²) in [6, 6.07) is 5.67.